The van der Waals surface area contributed by atoms with Crippen molar-refractivity contribution in [2.45, 2.75) is 25.6 Å². The van der Waals surface area contributed by atoms with Gasteiger partial charge in [0, 0.05) is 56.9 Å². The fourth-order valence-corrected chi connectivity index (χ4v) is 3.95. The highest BCUT2D eigenvalue weighted by atomic mass is 16.6. The van der Waals surface area contributed by atoms with E-state index in [1.165, 1.54) is 0 Å². The number of fused-ring (bicyclic) bond motifs is 1. The molecular formula is C22H27N5O4. The van der Waals surface area contributed by atoms with Crippen LogP contribution in [0.2, 0.25) is 0 Å². The SMILES string of the molecule is C[C@H]1C(=O)N(C)C[C@@H](CNC(=O)Nc2ccc3c(c2)OCCO3)N1Cc1cccnc1. The lowest BCUT2D eigenvalue weighted by Gasteiger charge is -2.43. The summed E-state index contributed by atoms with van der Waals surface area (Å²) in [5.41, 5.74) is 1.65. The van der Waals surface area contributed by atoms with E-state index in [1.54, 1.807) is 42.5 Å². The summed E-state index contributed by atoms with van der Waals surface area (Å²) >= 11 is 0. The smallest absolute Gasteiger partial charge is 0.319 e. The van der Waals surface area contributed by atoms with Gasteiger partial charge in [-0.05, 0) is 30.7 Å². The first-order valence-corrected chi connectivity index (χ1v) is 10.4. The van der Waals surface area contributed by atoms with Crippen LogP contribution < -0.4 is 20.1 Å². The first-order valence-electron chi connectivity index (χ1n) is 10.4. The predicted octanol–water partition coefficient (Wildman–Crippen LogP) is 1.71. The number of likely N-dealkylation sites (N-methyl/N-ethyl adjacent to an activating group) is 1. The highest BCUT2D eigenvalue weighted by Crippen LogP contribution is 2.32. The monoisotopic (exact) mass is 425 g/mol. The van der Waals surface area contributed by atoms with Crippen LogP contribution in [0.4, 0.5) is 10.5 Å². The minimum Gasteiger partial charge on any atom is -0.486 e. The number of anilines is 1. The molecular weight excluding hydrogens is 398 g/mol. The van der Waals surface area contributed by atoms with Gasteiger partial charge >= 0.3 is 6.03 Å². The van der Waals surface area contributed by atoms with Crippen molar-refractivity contribution in [3.63, 3.8) is 0 Å². The highest BCUT2D eigenvalue weighted by molar-refractivity contribution is 5.89. The molecule has 2 aliphatic rings. The molecule has 0 spiro atoms. The summed E-state index contributed by atoms with van der Waals surface area (Å²) in [6.07, 6.45) is 3.53. The van der Waals surface area contributed by atoms with Crippen LogP contribution in [0.25, 0.3) is 0 Å². The lowest BCUT2D eigenvalue weighted by molar-refractivity contribution is -0.142. The van der Waals surface area contributed by atoms with Gasteiger partial charge in [0.1, 0.15) is 13.2 Å². The summed E-state index contributed by atoms with van der Waals surface area (Å²) in [6.45, 7) is 4.43. The van der Waals surface area contributed by atoms with E-state index in [1.807, 2.05) is 19.1 Å². The van der Waals surface area contributed by atoms with E-state index < -0.39 is 0 Å². The number of hydrogen-bond donors (Lipinski definition) is 2. The van der Waals surface area contributed by atoms with Crippen molar-refractivity contribution >= 4 is 17.6 Å². The number of benzene rings is 1. The number of ether oxygens (including phenoxy) is 2. The van der Waals surface area contributed by atoms with Crippen molar-refractivity contribution in [1.29, 1.82) is 0 Å². The van der Waals surface area contributed by atoms with E-state index >= 15 is 0 Å². The Morgan fingerprint density at radius 1 is 1.23 bits per heavy atom. The first kappa shape index (κ1) is 20.9. The van der Waals surface area contributed by atoms with Gasteiger partial charge in [-0.3, -0.25) is 14.7 Å². The number of pyridine rings is 1. The summed E-state index contributed by atoms with van der Waals surface area (Å²) in [5, 5.41) is 5.77. The van der Waals surface area contributed by atoms with E-state index in [0.29, 0.717) is 50.0 Å². The molecule has 0 radical (unpaired) electrons. The van der Waals surface area contributed by atoms with Crippen molar-refractivity contribution < 1.29 is 19.1 Å². The number of carbonyl (C=O) groups excluding carboxylic acids is 2. The van der Waals surface area contributed by atoms with Crippen LogP contribution in [0.15, 0.2) is 42.7 Å². The number of nitrogens with zero attached hydrogens (tertiary/aromatic N) is 3. The molecule has 3 heterocycles. The number of urea groups is 1. The third kappa shape index (κ3) is 4.88. The topological polar surface area (TPSA) is 96.0 Å². The highest BCUT2D eigenvalue weighted by Gasteiger charge is 2.36. The largest absolute Gasteiger partial charge is 0.486 e. The molecule has 9 heteroatoms. The van der Waals surface area contributed by atoms with Crippen LogP contribution >= 0.6 is 0 Å². The Kier molecular flexibility index (Phi) is 6.22. The van der Waals surface area contributed by atoms with E-state index in [9.17, 15) is 9.59 Å². The van der Waals surface area contributed by atoms with Crippen LogP contribution in [0.1, 0.15) is 12.5 Å². The molecule has 2 N–H and O–H groups in total. The Morgan fingerprint density at radius 3 is 2.81 bits per heavy atom. The van der Waals surface area contributed by atoms with Gasteiger partial charge in [0.25, 0.3) is 0 Å². The average molecular weight is 425 g/mol. The Balaban J connectivity index is 1.38. The second-order valence-corrected chi connectivity index (χ2v) is 7.78. The van der Waals surface area contributed by atoms with Gasteiger partial charge in [-0.15, -0.1) is 0 Å². The van der Waals surface area contributed by atoms with Crippen molar-refractivity contribution in [1.82, 2.24) is 20.1 Å². The van der Waals surface area contributed by atoms with Crippen LogP contribution in [-0.4, -0.2) is 72.2 Å². The summed E-state index contributed by atoms with van der Waals surface area (Å²) in [6, 6.07) is 8.55. The van der Waals surface area contributed by atoms with Crippen molar-refractivity contribution in [3.8, 4) is 11.5 Å². The Hall–Kier alpha value is -3.33. The molecule has 0 aliphatic carbocycles. The van der Waals surface area contributed by atoms with Gasteiger partial charge in [-0.2, -0.15) is 0 Å². The molecule has 9 nitrogen and oxygen atoms in total. The Bertz CT molecular complexity index is 939. The molecule has 1 aromatic carbocycles. The van der Waals surface area contributed by atoms with Crippen molar-refractivity contribution in [2.75, 3.05) is 38.7 Å². The number of nitrogens with one attached hydrogen (secondary N) is 2. The third-order valence-electron chi connectivity index (χ3n) is 5.57. The summed E-state index contributed by atoms with van der Waals surface area (Å²) in [5.74, 6) is 1.36. The van der Waals surface area contributed by atoms with E-state index in [0.717, 1.165) is 5.56 Å². The Morgan fingerprint density at radius 2 is 2.03 bits per heavy atom. The predicted molar refractivity (Wildman–Crippen MR) is 115 cm³/mol. The van der Waals surface area contributed by atoms with Gasteiger partial charge in [-0.25, -0.2) is 4.79 Å². The quantitative estimate of drug-likeness (QED) is 0.757. The maximum absolute atomic E-state index is 12.5. The lowest BCUT2D eigenvalue weighted by atomic mass is 10.0. The molecule has 2 atom stereocenters. The zero-order valence-electron chi connectivity index (χ0n) is 17.7. The molecule has 3 amide bonds. The molecule has 4 rings (SSSR count). The van der Waals surface area contributed by atoms with Gasteiger partial charge in [-0.1, -0.05) is 6.07 Å². The van der Waals surface area contributed by atoms with Crippen molar-refractivity contribution in [2.24, 2.45) is 0 Å². The second kappa shape index (κ2) is 9.22. The number of piperazine rings is 1. The minimum absolute atomic E-state index is 0.0241. The van der Waals surface area contributed by atoms with Crippen LogP contribution in [0, 0.1) is 0 Å². The zero-order chi connectivity index (χ0) is 21.8. The number of rotatable bonds is 5. The summed E-state index contributed by atoms with van der Waals surface area (Å²) in [7, 11) is 1.79. The molecule has 0 unspecified atom stereocenters. The molecule has 0 saturated carbocycles. The molecule has 1 aromatic heterocycles. The molecule has 2 aromatic rings. The maximum atomic E-state index is 12.5. The lowest BCUT2D eigenvalue weighted by Crippen LogP contribution is -2.62. The maximum Gasteiger partial charge on any atom is 0.319 e. The number of amides is 3. The summed E-state index contributed by atoms with van der Waals surface area (Å²) in [4.78, 5) is 33.0. The molecule has 164 valence electrons. The third-order valence-corrected chi connectivity index (χ3v) is 5.57. The normalized spacial score (nSPS) is 21.0. The molecule has 31 heavy (non-hydrogen) atoms. The molecule has 2 aliphatic heterocycles. The Labute approximate surface area is 181 Å². The first-order chi connectivity index (χ1) is 15.0. The van der Waals surface area contributed by atoms with Gasteiger partial charge in [0.2, 0.25) is 5.91 Å². The van der Waals surface area contributed by atoms with Gasteiger partial charge < -0.3 is 25.0 Å². The summed E-state index contributed by atoms with van der Waals surface area (Å²) < 4.78 is 11.1. The fourth-order valence-electron chi connectivity index (χ4n) is 3.95. The fraction of sp³-hybridized carbons (Fsp3) is 0.409. The molecule has 0 bridgehead atoms. The second-order valence-electron chi connectivity index (χ2n) is 7.78. The van der Waals surface area contributed by atoms with Crippen LogP contribution in [-0.2, 0) is 11.3 Å². The van der Waals surface area contributed by atoms with Crippen LogP contribution in [0.3, 0.4) is 0 Å². The number of hydrogen-bond acceptors (Lipinski definition) is 6. The van der Waals surface area contributed by atoms with E-state index in [2.05, 4.69) is 20.5 Å². The zero-order valence-corrected chi connectivity index (χ0v) is 17.7. The van der Waals surface area contributed by atoms with E-state index in [4.69, 9.17) is 9.47 Å². The average Bonchev–Trinajstić information content (AvgIpc) is 2.79. The molecule has 1 saturated heterocycles. The molecule has 1 fully saturated rings. The standard InChI is InChI=1S/C22H27N5O4/c1-15-21(28)26(2)14-18(27(15)13-16-4-3-7-23-11-16)12-24-22(29)25-17-5-6-19-20(10-17)31-9-8-30-19/h3-7,10-11,15,18H,8-9,12-14H2,1-2H3,(H2,24,25,29)/t15-,18+/m0/s1. The minimum atomic E-state index is -0.315. The number of carbonyl (C=O) groups is 2. The van der Waals surface area contributed by atoms with Gasteiger partial charge in [0.15, 0.2) is 11.5 Å². The van der Waals surface area contributed by atoms with Crippen molar-refractivity contribution in [3.05, 3.63) is 48.3 Å². The van der Waals surface area contributed by atoms with E-state index in [-0.39, 0.29) is 24.0 Å². The van der Waals surface area contributed by atoms with Gasteiger partial charge in [0.05, 0.1) is 6.04 Å². The van der Waals surface area contributed by atoms with Crippen LogP contribution in [0.5, 0.6) is 11.5 Å². The number of aromatic nitrogens is 1.